The molecule has 2 saturated heterocycles. The molecule has 3 heterocycles. The van der Waals surface area contributed by atoms with Crippen molar-refractivity contribution >= 4 is 6.09 Å². The first-order valence-electron chi connectivity index (χ1n) is 10.2. The van der Waals surface area contributed by atoms with Crippen LogP contribution >= 0.6 is 0 Å². The van der Waals surface area contributed by atoms with E-state index in [4.69, 9.17) is 9.84 Å². The van der Waals surface area contributed by atoms with Gasteiger partial charge in [-0.25, -0.2) is 4.79 Å². The number of rotatable bonds is 8. The van der Waals surface area contributed by atoms with Crippen LogP contribution in [0, 0.1) is 0 Å². The first-order chi connectivity index (χ1) is 12.8. The molecule has 1 aromatic rings. The van der Waals surface area contributed by atoms with Crippen molar-refractivity contribution in [2.75, 3.05) is 27.2 Å². The molecule has 2 N–H and O–H groups in total. The Morgan fingerprint density at radius 3 is 2.44 bits per heavy atom. The second-order valence-electron chi connectivity index (χ2n) is 8.52. The predicted molar refractivity (Wildman–Crippen MR) is 104 cm³/mol. The Morgan fingerprint density at radius 2 is 1.89 bits per heavy atom. The molecule has 1 amide bonds. The number of aromatic amines is 1. The topological polar surface area (TPSA) is 81.7 Å². The second-order valence-corrected chi connectivity index (χ2v) is 8.52. The number of nitrogens with zero attached hydrogens (tertiary/aromatic N) is 3. The lowest BCUT2D eigenvalue weighted by molar-refractivity contribution is -0.149. The molecule has 2 aliphatic heterocycles. The van der Waals surface area contributed by atoms with Gasteiger partial charge in [-0.05, 0) is 45.6 Å². The quantitative estimate of drug-likeness (QED) is 0.724. The molecule has 2 bridgehead atoms. The summed E-state index contributed by atoms with van der Waals surface area (Å²) in [6.07, 6.45) is 7.66. The van der Waals surface area contributed by atoms with Gasteiger partial charge in [0.15, 0.2) is 0 Å². The molecular weight excluding hydrogens is 344 g/mol. The zero-order valence-corrected chi connectivity index (χ0v) is 17.1. The van der Waals surface area contributed by atoms with Crippen LogP contribution in [-0.4, -0.2) is 69.6 Å². The Balaban J connectivity index is 1.68. The van der Waals surface area contributed by atoms with Crippen molar-refractivity contribution in [3.63, 3.8) is 0 Å². The molecule has 0 aromatic carbocycles. The molecule has 0 aliphatic carbocycles. The largest absolute Gasteiger partial charge is 0.465 e. The molecule has 2 fully saturated rings. The van der Waals surface area contributed by atoms with E-state index in [1.54, 1.807) is 7.05 Å². The molecule has 3 atom stereocenters. The number of carboxylic acid groups (broad SMARTS) is 1. The van der Waals surface area contributed by atoms with Gasteiger partial charge in [-0.1, -0.05) is 13.8 Å². The molecule has 3 rings (SSSR count). The third-order valence-electron chi connectivity index (χ3n) is 6.72. The number of carbonyl (C=O) groups is 1. The van der Waals surface area contributed by atoms with Crippen LogP contribution in [0.3, 0.4) is 0 Å². The lowest BCUT2D eigenvalue weighted by Crippen LogP contribution is -2.43. The summed E-state index contributed by atoms with van der Waals surface area (Å²) in [5, 5.41) is 16.7. The number of hydrogen-bond donors (Lipinski definition) is 2. The number of fused-ring (bicyclic) bond motifs is 2. The average Bonchev–Trinajstić information content (AvgIpc) is 3.22. The van der Waals surface area contributed by atoms with E-state index in [1.165, 1.54) is 16.2 Å². The van der Waals surface area contributed by atoms with Gasteiger partial charge in [-0.15, -0.1) is 0 Å². The number of H-pyrrole nitrogens is 1. The molecular formula is C20H34N4O3. The zero-order valence-electron chi connectivity index (χ0n) is 17.1. The van der Waals surface area contributed by atoms with Gasteiger partial charge < -0.3 is 19.6 Å². The summed E-state index contributed by atoms with van der Waals surface area (Å²) in [5.74, 6) is 0.428. The summed E-state index contributed by atoms with van der Waals surface area (Å²) in [5.41, 5.74) is 2.44. The highest BCUT2D eigenvalue weighted by atomic mass is 16.5. The summed E-state index contributed by atoms with van der Waals surface area (Å²) in [7, 11) is 3.63. The van der Waals surface area contributed by atoms with E-state index in [9.17, 15) is 4.79 Å². The monoisotopic (exact) mass is 378 g/mol. The fourth-order valence-corrected chi connectivity index (χ4v) is 4.85. The highest BCUT2D eigenvalue weighted by Gasteiger charge is 2.54. The maximum Gasteiger partial charge on any atom is 0.407 e. The molecule has 7 heteroatoms. The van der Waals surface area contributed by atoms with Crippen molar-refractivity contribution in [2.24, 2.45) is 0 Å². The fourth-order valence-electron chi connectivity index (χ4n) is 4.85. The number of ether oxygens (including phenoxy) is 1. The van der Waals surface area contributed by atoms with Gasteiger partial charge in [0.05, 0.1) is 16.9 Å². The van der Waals surface area contributed by atoms with Crippen molar-refractivity contribution in [1.82, 2.24) is 20.0 Å². The van der Waals surface area contributed by atoms with Crippen molar-refractivity contribution in [2.45, 2.75) is 76.0 Å². The minimum Gasteiger partial charge on any atom is -0.465 e. The van der Waals surface area contributed by atoms with Crippen molar-refractivity contribution in [3.05, 3.63) is 17.5 Å². The third kappa shape index (κ3) is 4.14. The summed E-state index contributed by atoms with van der Waals surface area (Å²) >= 11 is 0. The standard InChI is InChI=1S/C20H34N4O3/c1-5-19-7-8-20(6-2,27-19)12-15(11-19)17-16(13-21-22-17)14-23(3)9-10-24(4)18(25)26/h13,15H,5-12,14H2,1-4H3,(H,21,22)(H,25,26)/t15-,19-,20+. The summed E-state index contributed by atoms with van der Waals surface area (Å²) in [6, 6.07) is 0. The van der Waals surface area contributed by atoms with Crippen LogP contribution in [-0.2, 0) is 11.3 Å². The van der Waals surface area contributed by atoms with Gasteiger partial charge in [0.25, 0.3) is 0 Å². The van der Waals surface area contributed by atoms with Crippen LogP contribution in [0.2, 0.25) is 0 Å². The van der Waals surface area contributed by atoms with Crippen molar-refractivity contribution in [1.29, 1.82) is 0 Å². The van der Waals surface area contributed by atoms with E-state index in [0.29, 0.717) is 19.0 Å². The van der Waals surface area contributed by atoms with Crippen LogP contribution in [0.5, 0.6) is 0 Å². The van der Waals surface area contributed by atoms with Gasteiger partial charge in [-0.2, -0.15) is 5.10 Å². The highest BCUT2D eigenvalue weighted by molar-refractivity contribution is 5.64. The Labute approximate surface area is 162 Å². The highest BCUT2D eigenvalue weighted by Crippen LogP contribution is 2.55. The van der Waals surface area contributed by atoms with E-state index in [-0.39, 0.29) is 11.2 Å². The summed E-state index contributed by atoms with van der Waals surface area (Å²) in [6.45, 7) is 6.45. The maximum absolute atomic E-state index is 11.0. The van der Waals surface area contributed by atoms with E-state index in [1.807, 2.05) is 13.2 Å². The first-order valence-corrected chi connectivity index (χ1v) is 10.2. The van der Waals surface area contributed by atoms with Crippen molar-refractivity contribution < 1.29 is 14.6 Å². The predicted octanol–water partition coefficient (Wildman–Crippen LogP) is 3.44. The minimum atomic E-state index is -0.889. The van der Waals surface area contributed by atoms with Crippen LogP contribution in [0.1, 0.15) is 69.5 Å². The molecule has 0 unspecified atom stereocenters. The molecule has 0 radical (unpaired) electrons. The van der Waals surface area contributed by atoms with Gasteiger partial charge in [-0.3, -0.25) is 5.10 Å². The Hall–Kier alpha value is -1.60. The van der Waals surface area contributed by atoms with E-state index >= 15 is 0 Å². The lowest BCUT2D eigenvalue weighted by Gasteiger charge is -2.43. The number of amides is 1. The van der Waals surface area contributed by atoms with Gasteiger partial charge in [0, 0.05) is 44.4 Å². The molecule has 0 spiro atoms. The molecule has 152 valence electrons. The molecule has 7 nitrogen and oxygen atoms in total. The van der Waals surface area contributed by atoms with Gasteiger partial charge in [0.2, 0.25) is 0 Å². The average molecular weight is 379 g/mol. The van der Waals surface area contributed by atoms with Crippen LogP contribution in [0.15, 0.2) is 6.20 Å². The summed E-state index contributed by atoms with van der Waals surface area (Å²) in [4.78, 5) is 14.4. The van der Waals surface area contributed by atoms with Crippen LogP contribution < -0.4 is 0 Å². The fraction of sp³-hybridized carbons (Fsp3) is 0.800. The van der Waals surface area contributed by atoms with E-state index < -0.39 is 6.09 Å². The number of aromatic nitrogens is 2. The van der Waals surface area contributed by atoms with Crippen molar-refractivity contribution in [3.8, 4) is 0 Å². The molecule has 1 aromatic heterocycles. The van der Waals surface area contributed by atoms with E-state index in [0.717, 1.165) is 45.1 Å². The van der Waals surface area contributed by atoms with Crippen LogP contribution in [0.25, 0.3) is 0 Å². The zero-order chi connectivity index (χ0) is 19.7. The number of hydrogen-bond acceptors (Lipinski definition) is 4. The lowest BCUT2D eigenvalue weighted by atomic mass is 9.79. The smallest absolute Gasteiger partial charge is 0.407 e. The number of likely N-dealkylation sites (N-methyl/N-ethyl adjacent to an activating group) is 2. The van der Waals surface area contributed by atoms with Gasteiger partial charge >= 0.3 is 6.09 Å². The Morgan fingerprint density at radius 1 is 1.26 bits per heavy atom. The summed E-state index contributed by atoms with van der Waals surface area (Å²) < 4.78 is 6.60. The maximum atomic E-state index is 11.0. The minimum absolute atomic E-state index is 0.0191. The molecule has 27 heavy (non-hydrogen) atoms. The van der Waals surface area contributed by atoms with Crippen LogP contribution in [0.4, 0.5) is 4.79 Å². The second kappa shape index (κ2) is 7.80. The van der Waals surface area contributed by atoms with E-state index in [2.05, 4.69) is 28.9 Å². The van der Waals surface area contributed by atoms with Gasteiger partial charge in [0.1, 0.15) is 0 Å². The molecule has 2 aliphatic rings. The molecule has 0 saturated carbocycles. The normalized spacial score (nSPS) is 30.0. The first kappa shape index (κ1) is 20.1. The number of nitrogens with one attached hydrogen (secondary N) is 1. The SMILES string of the molecule is CC[C@]12CC[C@](CC)(C[C@@H](c3n[nH]cc3CN(C)CCN(C)C(=O)O)C1)O2. The third-order valence-corrected chi connectivity index (χ3v) is 6.72. The Kier molecular flexibility index (Phi) is 5.82. The Bertz CT molecular complexity index is 643.